The minimum atomic E-state index is -0.464. The summed E-state index contributed by atoms with van der Waals surface area (Å²) in [6, 6.07) is 7.71. The fourth-order valence-electron chi connectivity index (χ4n) is 4.68. The number of carbonyl (C=O) groups is 2. The lowest BCUT2D eigenvalue weighted by atomic mass is 9.77. The molecule has 0 bridgehead atoms. The number of benzene rings is 1. The van der Waals surface area contributed by atoms with Crippen molar-refractivity contribution in [3.63, 3.8) is 0 Å². The molecule has 1 aliphatic heterocycles. The van der Waals surface area contributed by atoms with Crippen molar-refractivity contribution in [2.75, 3.05) is 33.3 Å². The largest absolute Gasteiger partial charge is 0.493 e. The minimum Gasteiger partial charge on any atom is -0.493 e. The van der Waals surface area contributed by atoms with Crippen LogP contribution < -0.4 is 10.5 Å². The number of likely N-dealkylation sites (N-methyl/N-ethyl adjacent to an activating group) is 1. The molecule has 2 N–H and O–H groups in total. The number of carbonyl (C=O) groups excluding carboxylic acids is 2. The van der Waals surface area contributed by atoms with Crippen molar-refractivity contribution in [2.24, 2.45) is 11.1 Å². The van der Waals surface area contributed by atoms with E-state index in [4.69, 9.17) is 22.1 Å². The van der Waals surface area contributed by atoms with Crippen LogP contribution in [0.5, 0.6) is 5.75 Å². The summed E-state index contributed by atoms with van der Waals surface area (Å²) in [5, 5.41) is 0.599. The summed E-state index contributed by atoms with van der Waals surface area (Å²) in [5.74, 6) is 0.415. The lowest BCUT2D eigenvalue weighted by Crippen LogP contribution is -2.52. The predicted molar refractivity (Wildman–Crippen MR) is 114 cm³/mol. The van der Waals surface area contributed by atoms with Crippen molar-refractivity contribution >= 4 is 23.4 Å². The van der Waals surface area contributed by atoms with E-state index >= 15 is 0 Å². The third-order valence-corrected chi connectivity index (χ3v) is 6.47. The Balaban J connectivity index is 1.64. The van der Waals surface area contributed by atoms with Gasteiger partial charge < -0.3 is 15.4 Å². The fraction of sp³-hybridized carbons (Fsp3) is 0.636. The topological polar surface area (TPSA) is 75.9 Å². The van der Waals surface area contributed by atoms with Crippen molar-refractivity contribution in [1.29, 1.82) is 0 Å². The quantitative estimate of drug-likeness (QED) is 0.699. The molecule has 2 fully saturated rings. The maximum absolute atomic E-state index is 13.0. The zero-order chi connectivity index (χ0) is 20.9. The van der Waals surface area contributed by atoms with Crippen LogP contribution in [0.3, 0.4) is 0 Å². The number of nitrogens with two attached hydrogens (primary N) is 1. The summed E-state index contributed by atoms with van der Waals surface area (Å²) >= 11 is 6.04. The molecule has 160 valence electrons. The Morgan fingerprint density at radius 1 is 1.31 bits per heavy atom. The molecule has 2 aliphatic rings. The lowest BCUT2D eigenvalue weighted by Gasteiger charge is -2.42. The van der Waals surface area contributed by atoms with Crippen LogP contribution in [0.4, 0.5) is 0 Å². The van der Waals surface area contributed by atoms with Gasteiger partial charge in [0.05, 0.1) is 13.2 Å². The fourth-order valence-corrected chi connectivity index (χ4v) is 4.86. The molecule has 0 unspecified atom stereocenters. The van der Waals surface area contributed by atoms with E-state index in [-0.39, 0.29) is 18.2 Å². The van der Waals surface area contributed by atoms with E-state index in [9.17, 15) is 9.59 Å². The van der Waals surface area contributed by atoms with Gasteiger partial charge in [-0.05, 0) is 50.9 Å². The second-order valence-corrected chi connectivity index (χ2v) is 9.10. The molecule has 0 aromatic heterocycles. The Hall–Kier alpha value is -1.79. The van der Waals surface area contributed by atoms with Gasteiger partial charge in [0.15, 0.2) is 0 Å². The number of hydrogen-bond acceptors (Lipinski definition) is 4. The summed E-state index contributed by atoms with van der Waals surface area (Å²) in [5.41, 5.74) is 5.09. The number of rotatable bonds is 8. The van der Waals surface area contributed by atoms with E-state index in [1.165, 1.54) is 25.7 Å². The van der Waals surface area contributed by atoms with E-state index < -0.39 is 5.41 Å². The Kier molecular flexibility index (Phi) is 7.41. The molecule has 0 spiro atoms. The maximum atomic E-state index is 13.0. The number of halogens is 1. The highest BCUT2D eigenvalue weighted by Gasteiger charge is 2.39. The van der Waals surface area contributed by atoms with Crippen LogP contribution in [0.25, 0.3) is 0 Å². The highest BCUT2D eigenvalue weighted by molar-refractivity contribution is 6.30. The summed E-state index contributed by atoms with van der Waals surface area (Å²) < 4.78 is 5.98. The van der Waals surface area contributed by atoms with Gasteiger partial charge in [0, 0.05) is 36.0 Å². The number of amides is 2. The van der Waals surface area contributed by atoms with Gasteiger partial charge in [0.25, 0.3) is 0 Å². The third-order valence-electron chi connectivity index (χ3n) is 6.24. The van der Waals surface area contributed by atoms with Crippen molar-refractivity contribution < 1.29 is 14.3 Å². The predicted octanol–water partition coefficient (Wildman–Crippen LogP) is 3.08. The van der Waals surface area contributed by atoms with Gasteiger partial charge in [-0.25, -0.2) is 0 Å². The monoisotopic (exact) mass is 421 g/mol. The summed E-state index contributed by atoms with van der Waals surface area (Å²) in [7, 11) is 2.04. The van der Waals surface area contributed by atoms with Crippen LogP contribution >= 0.6 is 11.6 Å². The first-order valence-corrected chi connectivity index (χ1v) is 10.9. The van der Waals surface area contributed by atoms with Gasteiger partial charge in [-0.15, -0.1) is 0 Å². The van der Waals surface area contributed by atoms with Crippen molar-refractivity contribution in [3.8, 4) is 5.75 Å². The second kappa shape index (κ2) is 9.81. The van der Waals surface area contributed by atoms with Crippen LogP contribution in [-0.2, 0) is 9.59 Å². The van der Waals surface area contributed by atoms with Gasteiger partial charge in [-0.1, -0.05) is 30.5 Å². The van der Waals surface area contributed by atoms with Gasteiger partial charge in [0.2, 0.25) is 11.8 Å². The first-order chi connectivity index (χ1) is 13.9. The first kappa shape index (κ1) is 21.9. The molecule has 1 saturated heterocycles. The van der Waals surface area contributed by atoms with Crippen molar-refractivity contribution in [1.82, 2.24) is 9.80 Å². The normalized spacial score (nSPS) is 22.8. The molecule has 1 aliphatic carbocycles. The number of likely N-dealkylation sites (tertiary alicyclic amines) is 1. The smallest absolute Gasteiger partial charge is 0.236 e. The highest BCUT2D eigenvalue weighted by Crippen LogP contribution is 2.35. The summed E-state index contributed by atoms with van der Waals surface area (Å²) in [6.45, 7) is 1.97. The van der Waals surface area contributed by atoms with Crippen LogP contribution in [0, 0.1) is 5.41 Å². The molecular formula is C22H32ClN3O3. The second-order valence-electron chi connectivity index (χ2n) is 8.66. The van der Waals surface area contributed by atoms with Crippen LogP contribution in [-0.4, -0.2) is 60.9 Å². The van der Waals surface area contributed by atoms with Crippen LogP contribution in [0.2, 0.25) is 5.02 Å². The summed E-state index contributed by atoms with van der Waals surface area (Å²) in [6.07, 6.45) is 6.68. The average molecular weight is 422 g/mol. The Labute approximate surface area is 178 Å². The molecule has 1 aromatic carbocycles. The summed E-state index contributed by atoms with van der Waals surface area (Å²) in [4.78, 5) is 28.8. The SMILES string of the molecule is CN(CC(=O)N1CCC[C@](COc2cccc(Cl)c2)(CC(N)=O)C1)C1CCCC1. The van der Waals surface area contributed by atoms with Crippen LogP contribution in [0.15, 0.2) is 24.3 Å². The molecular weight excluding hydrogens is 390 g/mol. The number of ether oxygens (including phenoxy) is 1. The molecule has 0 radical (unpaired) electrons. The zero-order valence-electron chi connectivity index (χ0n) is 17.2. The van der Waals surface area contributed by atoms with Gasteiger partial charge in [-0.2, -0.15) is 0 Å². The number of hydrogen-bond donors (Lipinski definition) is 1. The van der Waals surface area contributed by atoms with Gasteiger partial charge in [-0.3, -0.25) is 14.5 Å². The molecule has 7 heteroatoms. The van der Waals surface area contributed by atoms with Gasteiger partial charge >= 0.3 is 0 Å². The van der Waals surface area contributed by atoms with E-state index in [0.29, 0.717) is 36.5 Å². The molecule has 6 nitrogen and oxygen atoms in total. The van der Waals surface area contributed by atoms with Crippen LogP contribution in [0.1, 0.15) is 44.9 Å². The number of nitrogens with zero attached hydrogens (tertiary/aromatic N) is 2. The molecule has 1 saturated carbocycles. The standard InChI is InChI=1S/C22H32ClN3O3/c1-25(18-7-2-3-8-18)14-21(28)26-11-5-10-22(15-26,13-20(24)27)16-29-19-9-4-6-17(23)12-19/h4,6,9,12,18H,2-3,5,7-8,10-11,13-16H2,1H3,(H2,24,27)/t22-/m0/s1. The minimum absolute atomic E-state index is 0.121. The Morgan fingerprint density at radius 2 is 2.07 bits per heavy atom. The molecule has 3 rings (SSSR count). The zero-order valence-corrected chi connectivity index (χ0v) is 18.0. The Bertz CT molecular complexity index is 723. The van der Waals surface area contributed by atoms with E-state index in [1.54, 1.807) is 12.1 Å². The molecule has 1 aromatic rings. The number of primary amides is 1. The number of piperidine rings is 1. The maximum Gasteiger partial charge on any atom is 0.236 e. The van der Waals surface area contributed by atoms with E-state index in [2.05, 4.69) is 4.90 Å². The van der Waals surface area contributed by atoms with E-state index in [1.807, 2.05) is 24.1 Å². The highest BCUT2D eigenvalue weighted by atomic mass is 35.5. The molecule has 2 amide bonds. The molecule has 1 atom stereocenters. The Morgan fingerprint density at radius 3 is 2.76 bits per heavy atom. The molecule has 1 heterocycles. The van der Waals surface area contributed by atoms with Gasteiger partial charge in [0.1, 0.15) is 5.75 Å². The first-order valence-electron chi connectivity index (χ1n) is 10.5. The van der Waals surface area contributed by atoms with E-state index in [0.717, 1.165) is 19.4 Å². The average Bonchev–Trinajstić information content (AvgIpc) is 3.21. The lowest BCUT2D eigenvalue weighted by molar-refractivity contribution is -0.138. The third kappa shape index (κ3) is 6.09. The van der Waals surface area contributed by atoms with Crippen molar-refractivity contribution in [3.05, 3.63) is 29.3 Å². The van der Waals surface area contributed by atoms with Crippen molar-refractivity contribution in [2.45, 2.75) is 51.0 Å². The molecule has 29 heavy (non-hydrogen) atoms.